The smallest absolute Gasteiger partial charge is 0.311 e. The molecule has 1 amide bonds. The highest BCUT2D eigenvalue weighted by Crippen LogP contribution is 2.25. The van der Waals surface area contributed by atoms with Crippen LogP contribution in [-0.4, -0.2) is 33.3 Å². The Bertz CT molecular complexity index is 721. The van der Waals surface area contributed by atoms with Crippen LogP contribution < -0.4 is 5.32 Å². The van der Waals surface area contributed by atoms with Gasteiger partial charge in [0.2, 0.25) is 0 Å². The summed E-state index contributed by atoms with van der Waals surface area (Å²) in [4.78, 5) is 23.8. The van der Waals surface area contributed by atoms with Crippen molar-refractivity contribution in [2.24, 2.45) is 5.41 Å². The third kappa shape index (κ3) is 3.84. The minimum absolute atomic E-state index is 0.0949. The average Bonchev–Trinajstić information content (AvgIpc) is 3.06. The molecule has 0 bridgehead atoms. The minimum Gasteiger partial charge on any atom is -0.481 e. The van der Waals surface area contributed by atoms with Crippen LogP contribution >= 0.6 is 15.9 Å². The first-order chi connectivity index (χ1) is 11.4. The first kappa shape index (κ1) is 18.2. The van der Waals surface area contributed by atoms with Gasteiger partial charge >= 0.3 is 5.97 Å². The molecule has 0 saturated heterocycles. The molecule has 0 unspecified atom stereocenters. The number of aliphatic carboxylic acids is 1. The number of amides is 1. The number of carboxylic acid groups (broad SMARTS) is 1. The highest BCUT2D eigenvalue weighted by atomic mass is 79.9. The lowest BCUT2D eigenvalue weighted by atomic mass is 9.82. The first-order valence-electron chi connectivity index (χ1n) is 7.74. The minimum atomic E-state index is -0.933. The summed E-state index contributed by atoms with van der Waals surface area (Å²) in [5.41, 5.74) is 0.292. The quantitative estimate of drug-likeness (QED) is 0.755. The summed E-state index contributed by atoms with van der Waals surface area (Å²) in [7, 11) is 0. The van der Waals surface area contributed by atoms with Crippen LogP contribution in [0.15, 0.2) is 41.1 Å². The van der Waals surface area contributed by atoms with E-state index in [0.717, 1.165) is 10.2 Å². The SMILES string of the molecule is CCC(CC)(CNC(=O)c1cnn(-c2ccc(Br)cc2)c1)C(=O)O. The van der Waals surface area contributed by atoms with Gasteiger partial charge in [0, 0.05) is 17.2 Å². The molecule has 0 aliphatic carbocycles. The number of aromatic nitrogens is 2. The Balaban J connectivity index is 2.08. The standard InChI is InChI=1S/C17H20BrN3O3/c1-3-17(4-2,16(23)24)11-19-15(22)12-9-20-21(10-12)14-7-5-13(18)6-8-14/h5-10H,3-4,11H2,1-2H3,(H,19,22)(H,23,24). The summed E-state index contributed by atoms with van der Waals surface area (Å²) in [6.07, 6.45) is 4.01. The Hall–Kier alpha value is -2.15. The number of hydrogen-bond donors (Lipinski definition) is 2. The Morgan fingerprint density at radius 3 is 2.42 bits per heavy atom. The molecule has 7 heteroatoms. The van der Waals surface area contributed by atoms with Gasteiger partial charge < -0.3 is 10.4 Å². The Labute approximate surface area is 149 Å². The summed E-state index contributed by atoms with van der Waals surface area (Å²) in [6, 6.07) is 7.53. The summed E-state index contributed by atoms with van der Waals surface area (Å²) in [6.45, 7) is 3.72. The number of carbonyl (C=O) groups is 2. The van der Waals surface area contributed by atoms with Gasteiger partial charge in [-0.2, -0.15) is 5.10 Å². The van der Waals surface area contributed by atoms with E-state index >= 15 is 0 Å². The summed E-state index contributed by atoms with van der Waals surface area (Å²) >= 11 is 3.37. The zero-order valence-electron chi connectivity index (χ0n) is 13.6. The molecular weight excluding hydrogens is 374 g/mol. The van der Waals surface area contributed by atoms with Crippen LogP contribution in [0.1, 0.15) is 37.0 Å². The molecule has 6 nitrogen and oxygen atoms in total. The molecule has 2 rings (SSSR count). The molecule has 0 atom stereocenters. The van der Waals surface area contributed by atoms with Crippen molar-refractivity contribution in [3.05, 3.63) is 46.7 Å². The number of carboxylic acids is 1. The predicted molar refractivity (Wildman–Crippen MR) is 94.2 cm³/mol. The summed E-state index contributed by atoms with van der Waals surface area (Å²) in [5.74, 6) is -1.22. The van der Waals surface area contributed by atoms with Gasteiger partial charge in [-0.05, 0) is 37.1 Å². The van der Waals surface area contributed by atoms with Crippen molar-refractivity contribution in [3.8, 4) is 5.69 Å². The predicted octanol–water partition coefficient (Wildman–Crippen LogP) is 3.26. The summed E-state index contributed by atoms with van der Waals surface area (Å²) in [5, 5.41) is 16.3. The lowest BCUT2D eigenvalue weighted by molar-refractivity contribution is -0.149. The molecule has 0 saturated carbocycles. The average molecular weight is 394 g/mol. The van der Waals surface area contributed by atoms with Gasteiger partial charge in [0.25, 0.3) is 5.91 Å². The van der Waals surface area contributed by atoms with Gasteiger partial charge in [0.1, 0.15) is 0 Å². The van der Waals surface area contributed by atoms with Crippen molar-refractivity contribution in [1.82, 2.24) is 15.1 Å². The number of hydrogen-bond acceptors (Lipinski definition) is 3. The molecule has 0 aliphatic rings. The molecule has 0 fully saturated rings. The van der Waals surface area contributed by atoms with Crippen LogP contribution in [0, 0.1) is 5.41 Å². The lowest BCUT2D eigenvalue weighted by Crippen LogP contribution is -2.42. The number of benzene rings is 1. The van der Waals surface area contributed by atoms with Gasteiger partial charge in [-0.25, -0.2) is 4.68 Å². The molecule has 1 aromatic heterocycles. The largest absolute Gasteiger partial charge is 0.481 e. The highest BCUT2D eigenvalue weighted by molar-refractivity contribution is 9.10. The third-order valence-electron chi connectivity index (χ3n) is 4.33. The topological polar surface area (TPSA) is 84.2 Å². The molecule has 24 heavy (non-hydrogen) atoms. The molecule has 2 aromatic rings. The van der Waals surface area contributed by atoms with E-state index in [9.17, 15) is 14.7 Å². The van der Waals surface area contributed by atoms with Gasteiger partial charge in [-0.3, -0.25) is 9.59 Å². The van der Waals surface area contributed by atoms with Crippen molar-refractivity contribution in [1.29, 1.82) is 0 Å². The molecule has 2 N–H and O–H groups in total. The monoisotopic (exact) mass is 393 g/mol. The number of carbonyl (C=O) groups excluding carboxylic acids is 1. The van der Waals surface area contributed by atoms with E-state index < -0.39 is 11.4 Å². The van der Waals surface area contributed by atoms with Crippen molar-refractivity contribution in [3.63, 3.8) is 0 Å². The molecule has 128 valence electrons. The Morgan fingerprint density at radius 2 is 1.88 bits per heavy atom. The van der Waals surface area contributed by atoms with E-state index in [-0.39, 0.29) is 12.5 Å². The normalized spacial score (nSPS) is 11.3. The first-order valence-corrected chi connectivity index (χ1v) is 8.53. The van der Waals surface area contributed by atoms with Gasteiger partial charge in [0.15, 0.2) is 0 Å². The molecule has 1 aromatic carbocycles. The van der Waals surface area contributed by atoms with Crippen molar-refractivity contribution < 1.29 is 14.7 Å². The maximum absolute atomic E-state index is 12.3. The summed E-state index contributed by atoms with van der Waals surface area (Å²) < 4.78 is 2.56. The maximum atomic E-state index is 12.3. The lowest BCUT2D eigenvalue weighted by Gasteiger charge is -2.26. The number of halogens is 1. The fourth-order valence-electron chi connectivity index (χ4n) is 2.40. The van der Waals surface area contributed by atoms with Crippen molar-refractivity contribution >= 4 is 27.8 Å². The van der Waals surface area contributed by atoms with Crippen LogP contribution in [0.5, 0.6) is 0 Å². The van der Waals surface area contributed by atoms with Crippen LogP contribution in [-0.2, 0) is 4.79 Å². The van der Waals surface area contributed by atoms with Crippen LogP contribution in [0.25, 0.3) is 5.69 Å². The van der Waals surface area contributed by atoms with Gasteiger partial charge in [-0.1, -0.05) is 29.8 Å². The highest BCUT2D eigenvalue weighted by Gasteiger charge is 2.35. The van der Waals surface area contributed by atoms with Crippen LogP contribution in [0.3, 0.4) is 0 Å². The molecule has 0 radical (unpaired) electrons. The number of nitrogens with one attached hydrogen (secondary N) is 1. The van der Waals surface area contributed by atoms with Crippen LogP contribution in [0.4, 0.5) is 0 Å². The number of nitrogens with zero attached hydrogens (tertiary/aromatic N) is 2. The van der Waals surface area contributed by atoms with E-state index in [2.05, 4.69) is 26.3 Å². The second-order valence-electron chi connectivity index (χ2n) is 5.63. The maximum Gasteiger partial charge on any atom is 0.311 e. The van der Waals surface area contributed by atoms with Crippen molar-refractivity contribution in [2.75, 3.05) is 6.54 Å². The van der Waals surface area contributed by atoms with Gasteiger partial charge in [-0.15, -0.1) is 0 Å². The second kappa shape index (κ2) is 7.61. The van der Waals surface area contributed by atoms with E-state index in [0.29, 0.717) is 18.4 Å². The van der Waals surface area contributed by atoms with Gasteiger partial charge in [0.05, 0.1) is 22.9 Å². The van der Waals surface area contributed by atoms with Crippen LogP contribution in [0.2, 0.25) is 0 Å². The van der Waals surface area contributed by atoms with E-state index in [1.807, 2.05) is 38.1 Å². The number of rotatable bonds is 7. The fraction of sp³-hybridized carbons (Fsp3) is 0.353. The molecule has 0 spiro atoms. The molecule has 1 heterocycles. The zero-order valence-corrected chi connectivity index (χ0v) is 15.2. The fourth-order valence-corrected chi connectivity index (χ4v) is 2.67. The second-order valence-corrected chi connectivity index (χ2v) is 6.54. The molecular formula is C17H20BrN3O3. The van der Waals surface area contributed by atoms with Crippen molar-refractivity contribution in [2.45, 2.75) is 26.7 Å². The molecule has 0 aliphatic heterocycles. The van der Waals surface area contributed by atoms with E-state index in [4.69, 9.17) is 0 Å². The van der Waals surface area contributed by atoms with E-state index in [1.54, 1.807) is 10.9 Å². The zero-order chi connectivity index (χ0) is 17.7. The Kier molecular flexibility index (Phi) is 5.77. The third-order valence-corrected chi connectivity index (χ3v) is 4.86. The van der Waals surface area contributed by atoms with E-state index in [1.165, 1.54) is 6.20 Å². The Morgan fingerprint density at radius 1 is 1.25 bits per heavy atom.